The molecule has 0 fully saturated rings. The van der Waals surface area contributed by atoms with E-state index in [1.54, 1.807) is 24.3 Å². The molecule has 0 bridgehead atoms. The van der Waals surface area contributed by atoms with Gasteiger partial charge in [0.25, 0.3) is 0 Å². The Kier molecular flexibility index (Phi) is 5.02. The zero-order valence-corrected chi connectivity index (χ0v) is 13.6. The van der Waals surface area contributed by atoms with E-state index in [0.717, 1.165) is 8.95 Å². The first-order valence-electron chi connectivity index (χ1n) is 5.43. The lowest BCUT2D eigenvalue weighted by Crippen LogP contribution is -2.11. The Labute approximate surface area is 133 Å². The molecule has 0 radical (unpaired) electrons. The van der Waals surface area contributed by atoms with Crippen LogP contribution in [0.15, 0.2) is 51.4 Å². The minimum atomic E-state index is -0.0912. The van der Waals surface area contributed by atoms with Crippen molar-refractivity contribution in [3.63, 3.8) is 0 Å². The Bertz CT molecular complexity index is 597. The normalized spacial score (nSPS) is 10.3. The molecule has 0 aliphatic heterocycles. The zero-order chi connectivity index (χ0) is 13.8. The third-order valence-electron chi connectivity index (χ3n) is 2.42. The summed E-state index contributed by atoms with van der Waals surface area (Å²) in [7, 11) is 0. The fourth-order valence-corrected chi connectivity index (χ4v) is 2.45. The van der Waals surface area contributed by atoms with Crippen LogP contribution in [0.3, 0.4) is 0 Å². The minimum Gasteiger partial charge on any atom is -0.484 e. The van der Waals surface area contributed by atoms with Crippen LogP contribution in [-0.2, 0) is 0 Å². The SMILES string of the molecule is O=C(COc1ccc(Br)cc1Cl)c1ccc(Br)cc1. The van der Waals surface area contributed by atoms with Crippen LogP contribution in [-0.4, -0.2) is 12.4 Å². The number of carbonyl (C=O) groups excluding carboxylic acids is 1. The van der Waals surface area contributed by atoms with Crippen LogP contribution in [0.5, 0.6) is 5.75 Å². The van der Waals surface area contributed by atoms with Gasteiger partial charge >= 0.3 is 0 Å². The van der Waals surface area contributed by atoms with Gasteiger partial charge in [-0.15, -0.1) is 0 Å². The van der Waals surface area contributed by atoms with Crippen LogP contribution in [0.25, 0.3) is 0 Å². The second kappa shape index (κ2) is 6.55. The van der Waals surface area contributed by atoms with E-state index in [1.165, 1.54) is 0 Å². The number of halogens is 3. The van der Waals surface area contributed by atoms with Crippen molar-refractivity contribution in [3.8, 4) is 5.75 Å². The summed E-state index contributed by atoms with van der Waals surface area (Å²) >= 11 is 12.6. The topological polar surface area (TPSA) is 26.3 Å². The predicted molar refractivity (Wildman–Crippen MR) is 83.1 cm³/mol. The van der Waals surface area contributed by atoms with Gasteiger partial charge < -0.3 is 4.74 Å². The molecule has 0 aromatic heterocycles. The first-order chi connectivity index (χ1) is 9.06. The molecular weight excluding hydrogens is 395 g/mol. The molecule has 0 aliphatic rings. The summed E-state index contributed by atoms with van der Waals surface area (Å²) in [5.74, 6) is 0.404. The molecule has 0 unspecified atom stereocenters. The number of carbonyl (C=O) groups is 1. The Morgan fingerprint density at radius 3 is 2.32 bits per heavy atom. The van der Waals surface area contributed by atoms with Gasteiger partial charge in [0, 0.05) is 14.5 Å². The van der Waals surface area contributed by atoms with Crippen LogP contribution < -0.4 is 4.74 Å². The van der Waals surface area contributed by atoms with Gasteiger partial charge in [0.2, 0.25) is 0 Å². The van der Waals surface area contributed by atoms with Gasteiger partial charge in [0.1, 0.15) is 5.75 Å². The summed E-state index contributed by atoms with van der Waals surface area (Å²) in [6.45, 7) is -0.0387. The number of hydrogen-bond donors (Lipinski definition) is 0. The minimum absolute atomic E-state index is 0.0387. The molecule has 98 valence electrons. The highest BCUT2D eigenvalue weighted by atomic mass is 79.9. The van der Waals surface area contributed by atoms with Crippen molar-refractivity contribution >= 4 is 49.2 Å². The lowest BCUT2D eigenvalue weighted by molar-refractivity contribution is 0.0921. The van der Waals surface area contributed by atoms with E-state index in [1.807, 2.05) is 18.2 Å². The number of rotatable bonds is 4. The average Bonchev–Trinajstić information content (AvgIpc) is 2.38. The monoisotopic (exact) mass is 402 g/mol. The fourth-order valence-electron chi connectivity index (χ4n) is 1.45. The number of benzene rings is 2. The van der Waals surface area contributed by atoms with Gasteiger partial charge in [-0.3, -0.25) is 4.79 Å². The summed E-state index contributed by atoms with van der Waals surface area (Å²) in [6.07, 6.45) is 0. The first kappa shape index (κ1) is 14.6. The Morgan fingerprint density at radius 2 is 1.68 bits per heavy atom. The van der Waals surface area contributed by atoms with Gasteiger partial charge in [-0.2, -0.15) is 0 Å². The molecule has 2 rings (SSSR count). The fraction of sp³-hybridized carbons (Fsp3) is 0.0714. The van der Waals surface area contributed by atoms with Crippen molar-refractivity contribution in [2.75, 3.05) is 6.61 Å². The number of hydrogen-bond acceptors (Lipinski definition) is 2. The second-order valence-corrected chi connectivity index (χ2v) is 6.03. The van der Waals surface area contributed by atoms with Crippen molar-refractivity contribution < 1.29 is 9.53 Å². The van der Waals surface area contributed by atoms with Crippen molar-refractivity contribution in [3.05, 3.63) is 62.0 Å². The van der Waals surface area contributed by atoms with Crippen LogP contribution in [0.2, 0.25) is 5.02 Å². The van der Waals surface area contributed by atoms with E-state index < -0.39 is 0 Å². The van der Waals surface area contributed by atoms with E-state index in [-0.39, 0.29) is 12.4 Å². The third-order valence-corrected chi connectivity index (χ3v) is 3.74. The maximum atomic E-state index is 11.9. The predicted octanol–water partition coefficient (Wildman–Crippen LogP) is 5.13. The number of ketones is 1. The highest BCUT2D eigenvalue weighted by Gasteiger charge is 2.08. The van der Waals surface area contributed by atoms with E-state index >= 15 is 0 Å². The largest absolute Gasteiger partial charge is 0.484 e. The van der Waals surface area contributed by atoms with E-state index in [4.69, 9.17) is 16.3 Å². The Balaban J connectivity index is 2.02. The van der Waals surface area contributed by atoms with Gasteiger partial charge in [-0.05, 0) is 30.3 Å². The second-order valence-electron chi connectivity index (χ2n) is 3.79. The van der Waals surface area contributed by atoms with Gasteiger partial charge in [-0.25, -0.2) is 0 Å². The van der Waals surface area contributed by atoms with Crippen molar-refractivity contribution in [2.24, 2.45) is 0 Å². The number of Topliss-reactive ketones (excluding diaryl/α,β-unsaturated/α-hetero) is 1. The van der Waals surface area contributed by atoms with Crippen LogP contribution >= 0.6 is 43.5 Å². The summed E-state index contributed by atoms with van der Waals surface area (Å²) in [4.78, 5) is 11.9. The smallest absolute Gasteiger partial charge is 0.200 e. The van der Waals surface area contributed by atoms with E-state index in [2.05, 4.69) is 31.9 Å². The lowest BCUT2D eigenvalue weighted by Gasteiger charge is -2.07. The first-order valence-corrected chi connectivity index (χ1v) is 7.39. The standard InChI is InChI=1S/C14H9Br2ClO2/c15-10-3-1-9(2-4-10)13(18)8-19-14-6-5-11(16)7-12(14)17/h1-7H,8H2. The van der Waals surface area contributed by atoms with Gasteiger partial charge in [-0.1, -0.05) is 55.6 Å². The van der Waals surface area contributed by atoms with Crippen LogP contribution in [0, 0.1) is 0 Å². The summed E-state index contributed by atoms with van der Waals surface area (Å²) in [6, 6.07) is 12.4. The van der Waals surface area contributed by atoms with E-state index in [9.17, 15) is 4.79 Å². The molecule has 0 aliphatic carbocycles. The lowest BCUT2D eigenvalue weighted by atomic mass is 10.1. The van der Waals surface area contributed by atoms with Crippen LogP contribution in [0.4, 0.5) is 0 Å². The molecule has 0 N–H and O–H groups in total. The molecule has 0 saturated carbocycles. The molecule has 2 nitrogen and oxygen atoms in total. The number of ether oxygens (including phenoxy) is 1. The maximum absolute atomic E-state index is 11.9. The molecular formula is C14H9Br2ClO2. The average molecular weight is 404 g/mol. The Hall–Kier alpha value is -0.840. The maximum Gasteiger partial charge on any atom is 0.200 e. The summed E-state index contributed by atoms with van der Waals surface area (Å²) < 4.78 is 7.22. The zero-order valence-electron chi connectivity index (χ0n) is 9.70. The molecule has 0 saturated heterocycles. The Morgan fingerprint density at radius 1 is 1.05 bits per heavy atom. The summed E-state index contributed by atoms with van der Waals surface area (Å²) in [5, 5.41) is 0.470. The molecule has 2 aromatic rings. The van der Waals surface area contributed by atoms with Crippen molar-refractivity contribution in [1.82, 2.24) is 0 Å². The highest BCUT2D eigenvalue weighted by molar-refractivity contribution is 9.10. The molecule has 0 spiro atoms. The van der Waals surface area contributed by atoms with Gasteiger partial charge in [0.15, 0.2) is 12.4 Å². The molecule has 5 heteroatoms. The van der Waals surface area contributed by atoms with E-state index in [0.29, 0.717) is 16.3 Å². The molecule has 0 atom stereocenters. The summed E-state index contributed by atoms with van der Waals surface area (Å²) in [5.41, 5.74) is 0.608. The van der Waals surface area contributed by atoms with Crippen molar-refractivity contribution in [2.45, 2.75) is 0 Å². The van der Waals surface area contributed by atoms with Crippen molar-refractivity contribution in [1.29, 1.82) is 0 Å². The molecule has 0 amide bonds. The highest BCUT2D eigenvalue weighted by Crippen LogP contribution is 2.27. The van der Waals surface area contributed by atoms with Crippen LogP contribution in [0.1, 0.15) is 10.4 Å². The molecule has 19 heavy (non-hydrogen) atoms. The van der Waals surface area contributed by atoms with Gasteiger partial charge in [0.05, 0.1) is 5.02 Å². The molecule has 0 heterocycles. The molecule has 2 aromatic carbocycles. The third kappa shape index (κ3) is 4.06. The quantitative estimate of drug-likeness (QED) is 0.661.